The third-order valence-corrected chi connectivity index (χ3v) is 5.49. The normalized spacial score (nSPS) is 15.5. The van der Waals surface area contributed by atoms with Crippen molar-refractivity contribution in [2.24, 2.45) is 4.99 Å². The standard InChI is InChI=1S/C24H33N5O3.HI/c1-5-17-7-6-8-18(11-17)27-23(30)15-26-24(25-2)28-19-9-10-29(16-19)20-12-21(31-3)14-22(13-20)32-4;/h6-8,11-14,19H,5,9-10,15-16H2,1-4H3,(H,27,30)(H2,25,26,28);1H. The van der Waals surface area contributed by atoms with E-state index in [1.165, 1.54) is 5.56 Å². The van der Waals surface area contributed by atoms with E-state index in [0.29, 0.717) is 5.96 Å². The molecule has 0 aromatic heterocycles. The number of hydrogen-bond acceptors (Lipinski definition) is 5. The number of amides is 1. The Bertz CT molecular complexity index is 931. The van der Waals surface area contributed by atoms with Crippen LogP contribution < -0.4 is 30.3 Å². The average Bonchev–Trinajstić information content (AvgIpc) is 3.30. The minimum atomic E-state index is -0.113. The number of carbonyl (C=O) groups is 1. The molecule has 180 valence electrons. The maximum atomic E-state index is 12.3. The lowest BCUT2D eigenvalue weighted by atomic mass is 10.1. The van der Waals surface area contributed by atoms with Crippen LogP contribution in [0.25, 0.3) is 0 Å². The third kappa shape index (κ3) is 7.69. The molecule has 1 amide bonds. The van der Waals surface area contributed by atoms with Gasteiger partial charge in [0.2, 0.25) is 5.91 Å². The molecule has 1 fully saturated rings. The summed E-state index contributed by atoms with van der Waals surface area (Å²) in [6, 6.07) is 14.0. The molecule has 9 heteroatoms. The van der Waals surface area contributed by atoms with E-state index < -0.39 is 0 Å². The van der Waals surface area contributed by atoms with Crippen molar-refractivity contribution in [3.05, 3.63) is 48.0 Å². The Balaban J connectivity index is 0.00000385. The van der Waals surface area contributed by atoms with E-state index in [-0.39, 0.29) is 42.5 Å². The maximum Gasteiger partial charge on any atom is 0.243 e. The molecule has 0 radical (unpaired) electrons. The van der Waals surface area contributed by atoms with Crippen molar-refractivity contribution in [3.63, 3.8) is 0 Å². The Hall–Kier alpha value is -2.69. The van der Waals surface area contributed by atoms with E-state index in [0.717, 1.165) is 48.8 Å². The molecule has 2 aromatic rings. The third-order valence-electron chi connectivity index (χ3n) is 5.49. The zero-order valence-electron chi connectivity index (χ0n) is 19.7. The lowest BCUT2D eigenvalue weighted by Crippen LogP contribution is -2.46. The first-order chi connectivity index (χ1) is 15.5. The number of hydrogen-bond donors (Lipinski definition) is 3. The van der Waals surface area contributed by atoms with Gasteiger partial charge in [-0.05, 0) is 30.5 Å². The summed E-state index contributed by atoms with van der Waals surface area (Å²) >= 11 is 0. The van der Waals surface area contributed by atoms with Crippen molar-refractivity contribution in [2.75, 3.05) is 51.1 Å². The van der Waals surface area contributed by atoms with E-state index in [4.69, 9.17) is 9.47 Å². The molecule has 33 heavy (non-hydrogen) atoms. The van der Waals surface area contributed by atoms with Gasteiger partial charge in [-0.25, -0.2) is 0 Å². The fraction of sp³-hybridized carbons (Fsp3) is 0.417. The summed E-state index contributed by atoms with van der Waals surface area (Å²) < 4.78 is 10.8. The molecular weight excluding hydrogens is 533 g/mol. The highest BCUT2D eigenvalue weighted by atomic mass is 127. The topological polar surface area (TPSA) is 87.2 Å². The number of nitrogens with zero attached hydrogens (tertiary/aromatic N) is 2. The van der Waals surface area contributed by atoms with Gasteiger partial charge in [0.15, 0.2) is 5.96 Å². The van der Waals surface area contributed by atoms with Gasteiger partial charge >= 0.3 is 0 Å². The summed E-state index contributed by atoms with van der Waals surface area (Å²) in [6.45, 7) is 3.94. The number of aryl methyl sites for hydroxylation is 1. The van der Waals surface area contributed by atoms with Gasteiger partial charge in [0.25, 0.3) is 0 Å². The Kier molecular flexibility index (Phi) is 10.6. The second kappa shape index (κ2) is 13.1. The second-order valence-electron chi connectivity index (χ2n) is 7.67. The minimum Gasteiger partial charge on any atom is -0.497 e. The molecule has 0 spiro atoms. The van der Waals surface area contributed by atoms with E-state index in [1.54, 1.807) is 21.3 Å². The predicted molar refractivity (Wildman–Crippen MR) is 145 cm³/mol. The fourth-order valence-electron chi connectivity index (χ4n) is 3.71. The first kappa shape index (κ1) is 26.6. The summed E-state index contributed by atoms with van der Waals surface area (Å²) in [6.07, 6.45) is 1.88. The number of halogens is 1. The van der Waals surface area contributed by atoms with Crippen molar-refractivity contribution in [1.29, 1.82) is 0 Å². The number of methoxy groups -OCH3 is 2. The molecule has 2 aromatic carbocycles. The average molecular weight is 567 g/mol. The summed E-state index contributed by atoms with van der Waals surface area (Å²) in [5.41, 5.74) is 3.05. The first-order valence-electron chi connectivity index (χ1n) is 10.9. The Morgan fingerprint density at radius 3 is 2.52 bits per heavy atom. The largest absolute Gasteiger partial charge is 0.497 e. The van der Waals surface area contributed by atoms with Crippen molar-refractivity contribution >= 4 is 47.2 Å². The smallest absolute Gasteiger partial charge is 0.243 e. The number of guanidine groups is 1. The van der Waals surface area contributed by atoms with Gasteiger partial charge in [0, 0.05) is 55.8 Å². The van der Waals surface area contributed by atoms with Gasteiger partial charge in [0.1, 0.15) is 11.5 Å². The predicted octanol–water partition coefficient (Wildman–Crippen LogP) is 3.27. The number of anilines is 2. The Labute approximate surface area is 213 Å². The van der Waals surface area contributed by atoms with Crippen LogP contribution in [0.4, 0.5) is 11.4 Å². The van der Waals surface area contributed by atoms with E-state index >= 15 is 0 Å². The van der Waals surface area contributed by atoms with Gasteiger partial charge in [-0.15, -0.1) is 24.0 Å². The van der Waals surface area contributed by atoms with Crippen LogP contribution in [0.15, 0.2) is 47.5 Å². The highest BCUT2D eigenvalue weighted by Crippen LogP contribution is 2.30. The van der Waals surface area contributed by atoms with Crippen molar-refractivity contribution in [3.8, 4) is 11.5 Å². The molecule has 3 N–H and O–H groups in total. The van der Waals surface area contributed by atoms with Crippen molar-refractivity contribution in [1.82, 2.24) is 10.6 Å². The number of carbonyl (C=O) groups excluding carboxylic acids is 1. The van der Waals surface area contributed by atoms with E-state index in [1.807, 2.05) is 42.5 Å². The second-order valence-corrected chi connectivity index (χ2v) is 7.67. The molecule has 0 aliphatic carbocycles. The molecule has 1 aliphatic rings. The Morgan fingerprint density at radius 1 is 1.15 bits per heavy atom. The van der Waals surface area contributed by atoms with Crippen molar-refractivity contribution in [2.45, 2.75) is 25.8 Å². The zero-order valence-corrected chi connectivity index (χ0v) is 22.0. The summed E-state index contributed by atoms with van der Waals surface area (Å²) in [5, 5.41) is 9.44. The van der Waals surface area contributed by atoms with Crippen LogP contribution in [0.2, 0.25) is 0 Å². The summed E-state index contributed by atoms with van der Waals surface area (Å²) in [7, 11) is 5.01. The van der Waals surface area contributed by atoms with Crippen LogP contribution in [-0.2, 0) is 11.2 Å². The Morgan fingerprint density at radius 2 is 1.88 bits per heavy atom. The maximum absolute atomic E-state index is 12.3. The molecule has 3 rings (SSSR count). The number of benzene rings is 2. The lowest BCUT2D eigenvalue weighted by molar-refractivity contribution is -0.115. The first-order valence-corrected chi connectivity index (χ1v) is 10.9. The molecule has 1 aliphatic heterocycles. The van der Waals surface area contributed by atoms with Crippen LogP contribution in [0, 0.1) is 0 Å². The van der Waals surface area contributed by atoms with Crippen molar-refractivity contribution < 1.29 is 14.3 Å². The number of ether oxygens (including phenoxy) is 2. The summed E-state index contributed by atoms with van der Waals surface area (Å²) in [4.78, 5) is 18.9. The van der Waals surface area contributed by atoms with Gasteiger partial charge in [-0.2, -0.15) is 0 Å². The van der Waals surface area contributed by atoms with E-state index in [9.17, 15) is 4.79 Å². The molecular formula is C24H34IN5O3. The highest BCUT2D eigenvalue weighted by molar-refractivity contribution is 14.0. The van der Waals surface area contributed by atoms with E-state index in [2.05, 4.69) is 32.8 Å². The molecule has 8 nitrogen and oxygen atoms in total. The highest BCUT2D eigenvalue weighted by Gasteiger charge is 2.24. The van der Waals surface area contributed by atoms with Crippen LogP contribution in [0.1, 0.15) is 18.9 Å². The minimum absolute atomic E-state index is 0. The quantitative estimate of drug-likeness (QED) is 0.258. The van der Waals surface area contributed by atoms with Gasteiger partial charge in [-0.3, -0.25) is 9.79 Å². The van der Waals surface area contributed by atoms with Crippen LogP contribution >= 0.6 is 24.0 Å². The lowest BCUT2D eigenvalue weighted by Gasteiger charge is -2.21. The molecule has 0 bridgehead atoms. The summed E-state index contributed by atoms with van der Waals surface area (Å²) in [5.74, 6) is 2.03. The van der Waals surface area contributed by atoms with Crippen LogP contribution in [0.3, 0.4) is 0 Å². The van der Waals surface area contributed by atoms with Gasteiger partial charge in [-0.1, -0.05) is 19.1 Å². The number of nitrogens with one attached hydrogen (secondary N) is 3. The van der Waals surface area contributed by atoms with Gasteiger partial charge in [0.05, 0.1) is 20.8 Å². The molecule has 1 heterocycles. The number of rotatable bonds is 8. The molecule has 0 saturated carbocycles. The monoisotopic (exact) mass is 567 g/mol. The molecule has 1 atom stereocenters. The fourth-order valence-corrected chi connectivity index (χ4v) is 3.71. The molecule has 1 unspecified atom stereocenters. The van der Waals surface area contributed by atoms with Crippen LogP contribution in [0.5, 0.6) is 11.5 Å². The SMILES string of the molecule is CCc1cccc(NC(=O)CNC(=NC)NC2CCN(c3cc(OC)cc(OC)c3)C2)c1.I. The zero-order chi connectivity index (χ0) is 22.9. The molecule has 1 saturated heterocycles. The van der Waals surface area contributed by atoms with Crippen LogP contribution in [-0.4, -0.2) is 58.8 Å². The van der Waals surface area contributed by atoms with Gasteiger partial charge < -0.3 is 30.3 Å². The number of aliphatic imine (C=N–C) groups is 1.